The van der Waals surface area contributed by atoms with Crippen LogP contribution in [0, 0.1) is 5.92 Å². The molecule has 94 valence electrons. The van der Waals surface area contributed by atoms with Crippen molar-refractivity contribution in [2.24, 2.45) is 10.9 Å². The van der Waals surface area contributed by atoms with Crippen LogP contribution in [0.25, 0.3) is 0 Å². The molecular formula is C15H24N2. The highest BCUT2D eigenvalue weighted by Crippen LogP contribution is 2.42. The van der Waals surface area contributed by atoms with E-state index in [1.807, 2.05) is 26.1 Å². The molecule has 0 saturated heterocycles. The van der Waals surface area contributed by atoms with Gasteiger partial charge in [0.25, 0.3) is 0 Å². The summed E-state index contributed by atoms with van der Waals surface area (Å²) in [5, 5.41) is 3.08. The lowest BCUT2D eigenvalue weighted by Gasteiger charge is -2.10. The summed E-state index contributed by atoms with van der Waals surface area (Å²) in [6.45, 7) is 13.6. The van der Waals surface area contributed by atoms with Gasteiger partial charge in [0.1, 0.15) is 5.84 Å². The van der Waals surface area contributed by atoms with E-state index >= 15 is 0 Å². The van der Waals surface area contributed by atoms with Gasteiger partial charge >= 0.3 is 0 Å². The number of hydrogen-bond acceptors (Lipinski definition) is 2. The minimum Gasteiger partial charge on any atom is -0.347 e. The van der Waals surface area contributed by atoms with Gasteiger partial charge < -0.3 is 5.32 Å². The molecule has 1 fully saturated rings. The van der Waals surface area contributed by atoms with E-state index in [2.05, 4.69) is 30.4 Å². The molecule has 0 radical (unpaired) electrons. The number of aliphatic imine (C=N–C) groups is 1. The fraction of sp³-hybridized carbons (Fsp3) is 0.400. The quantitative estimate of drug-likeness (QED) is 0.775. The highest BCUT2D eigenvalue weighted by molar-refractivity contribution is 6.06. The number of nitrogens with one attached hydrogen (secondary N) is 1. The van der Waals surface area contributed by atoms with Crippen LogP contribution in [0.5, 0.6) is 0 Å². The molecule has 2 aliphatic rings. The van der Waals surface area contributed by atoms with Gasteiger partial charge in [-0.25, -0.2) is 4.99 Å². The fourth-order valence-electron chi connectivity index (χ4n) is 1.83. The highest BCUT2D eigenvalue weighted by Gasteiger charge is 2.32. The monoisotopic (exact) mass is 232 g/mol. The standard InChI is InChI=1S/C13H16N2.C2H6.H2/c1-4-9(3)12-11(10-6-7-10)8-15-13(12)14-5-2;1-2;/h4-5,8,10H,1-2,6-7H2,3H3,(H,14,15);1-2H3;1H/b12-9+;;. The van der Waals surface area contributed by atoms with E-state index in [0.29, 0.717) is 5.92 Å². The van der Waals surface area contributed by atoms with Gasteiger partial charge in [-0.1, -0.05) is 33.1 Å². The zero-order valence-electron chi connectivity index (χ0n) is 11.1. The SMILES string of the molecule is C=CNC1=NC=C(C2CC2)/C1=C(/C)C=C.CC.[HH]. The lowest BCUT2D eigenvalue weighted by atomic mass is 9.98. The molecule has 0 unspecified atom stereocenters. The first-order valence-electron chi connectivity index (χ1n) is 6.27. The number of amidine groups is 1. The smallest absolute Gasteiger partial charge is 0.137 e. The summed E-state index contributed by atoms with van der Waals surface area (Å²) in [6.07, 6.45) is 8.11. The molecule has 0 aromatic rings. The summed E-state index contributed by atoms with van der Waals surface area (Å²) in [5.74, 6) is 1.62. The Morgan fingerprint density at radius 2 is 2.12 bits per heavy atom. The summed E-state index contributed by atoms with van der Waals surface area (Å²) >= 11 is 0. The molecule has 1 saturated carbocycles. The highest BCUT2D eigenvalue weighted by atomic mass is 15.0. The van der Waals surface area contributed by atoms with Crippen molar-refractivity contribution < 1.29 is 1.43 Å². The fourth-order valence-corrected chi connectivity index (χ4v) is 1.83. The zero-order chi connectivity index (χ0) is 12.8. The molecule has 0 amide bonds. The summed E-state index contributed by atoms with van der Waals surface area (Å²) in [7, 11) is 0. The molecule has 2 nitrogen and oxygen atoms in total. The molecule has 0 aromatic heterocycles. The van der Waals surface area contributed by atoms with Gasteiger partial charge in [0.2, 0.25) is 0 Å². The Balaban J connectivity index is 0.000000917. The van der Waals surface area contributed by atoms with Crippen LogP contribution in [-0.2, 0) is 0 Å². The van der Waals surface area contributed by atoms with Gasteiger partial charge in [0, 0.05) is 13.2 Å². The van der Waals surface area contributed by atoms with Crippen LogP contribution in [0.3, 0.4) is 0 Å². The minimum atomic E-state index is 0. The zero-order valence-corrected chi connectivity index (χ0v) is 11.1. The van der Waals surface area contributed by atoms with Gasteiger partial charge in [0.05, 0.1) is 0 Å². The molecule has 1 aliphatic carbocycles. The average molecular weight is 232 g/mol. The third-order valence-corrected chi connectivity index (χ3v) is 2.81. The van der Waals surface area contributed by atoms with E-state index in [0.717, 1.165) is 5.84 Å². The van der Waals surface area contributed by atoms with E-state index in [-0.39, 0.29) is 1.43 Å². The predicted octanol–water partition coefficient (Wildman–Crippen LogP) is 4.20. The Labute approximate surface area is 106 Å². The van der Waals surface area contributed by atoms with Crippen LogP contribution in [0.1, 0.15) is 35.0 Å². The Morgan fingerprint density at radius 1 is 1.47 bits per heavy atom. The van der Waals surface area contributed by atoms with Crippen LogP contribution in [0.2, 0.25) is 0 Å². The van der Waals surface area contributed by atoms with Crippen LogP contribution in [0.4, 0.5) is 0 Å². The predicted molar refractivity (Wildman–Crippen MR) is 77.9 cm³/mol. The summed E-state index contributed by atoms with van der Waals surface area (Å²) in [5.41, 5.74) is 3.75. The Kier molecular flexibility index (Phi) is 4.95. The lowest BCUT2D eigenvalue weighted by molar-refractivity contribution is 1.03. The third-order valence-electron chi connectivity index (χ3n) is 2.81. The van der Waals surface area contributed by atoms with E-state index in [1.165, 1.54) is 29.6 Å². The molecule has 2 rings (SSSR count). The van der Waals surface area contributed by atoms with Gasteiger partial charge in [0.15, 0.2) is 0 Å². The molecule has 0 bridgehead atoms. The molecule has 17 heavy (non-hydrogen) atoms. The molecule has 0 spiro atoms. The van der Waals surface area contributed by atoms with Gasteiger partial charge in [-0.3, -0.25) is 0 Å². The topological polar surface area (TPSA) is 24.4 Å². The number of nitrogens with zero attached hydrogens (tertiary/aromatic N) is 1. The normalized spacial score (nSPS) is 20.6. The lowest BCUT2D eigenvalue weighted by Crippen LogP contribution is -2.19. The largest absolute Gasteiger partial charge is 0.347 e. The molecule has 0 aromatic carbocycles. The second kappa shape index (κ2) is 6.24. The van der Waals surface area contributed by atoms with Crippen molar-refractivity contribution in [3.05, 3.63) is 48.4 Å². The molecule has 1 aliphatic heterocycles. The molecule has 0 atom stereocenters. The van der Waals surface area contributed by atoms with Crippen molar-refractivity contribution in [3.63, 3.8) is 0 Å². The molecule has 1 heterocycles. The first kappa shape index (κ1) is 13.5. The van der Waals surface area contributed by atoms with Crippen LogP contribution >= 0.6 is 0 Å². The Morgan fingerprint density at radius 3 is 2.59 bits per heavy atom. The third kappa shape index (κ3) is 2.96. The Hall–Kier alpha value is -1.57. The summed E-state index contributed by atoms with van der Waals surface area (Å²) < 4.78 is 0. The maximum atomic E-state index is 4.39. The van der Waals surface area contributed by atoms with E-state index < -0.39 is 0 Å². The van der Waals surface area contributed by atoms with E-state index in [9.17, 15) is 0 Å². The number of allylic oxidation sites excluding steroid dienone is 2. The van der Waals surface area contributed by atoms with Crippen molar-refractivity contribution in [2.45, 2.75) is 33.6 Å². The van der Waals surface area contributed by atoms with Crippen LogP contribution in [0.15, 0.2) is 53.3 Å². The second-order valence-electron chi connectivity index (χ2n) is 3.95. The average Bonchev–Trinajstić information content (AvgIpc) is 3.13. The maximum Gasteiger partial charge on any atom is 0.137 e. The molecular weight excluding hydrogens is 208 g/mol. The van der Waals surface area contributed by atoms with Crippen molar-refractivity contribution in [3.8, 4) is 0 Å². The summed E-state index contributed by atoms with van der Waals surface area (Å²) in [6, 6.07) is 0. The van der Waals surface area contributed by atoms with Crippen molar-refractivity contribution in [2.75, 3.05) is 0 Å². The van der Waals surface area contributed by atoms with Gasteiger partial charge in [-0.05, 0) is 43.0 Å². The van der Waals surface area contributed by atoms with Crippen molar-refractivity contribution in [1.29, 1.82) is 0 Å². The second-order valence-corrected chi connectivity index (χ2v) is 3.95. The summed E-state index contributed by atoms with van der Waals surface area (Å²) in [4.78, 5) is 4.39. The van der Waals surface area contributed by atoms with Crippen LogP contribution in [-0.4, -0.2) is 5.84 Å². The minimum absolute atomic E-state index is 0. The van der Waals surface area contributed by atoms with E-state index in [4.69, 9.17) is 0 Å². The van der Waals surface area contributed by atoms with Crippen LogP contribution < -0.4 is 5.32 Å². The molecule has 1 N–H and O–H groups in total. The number of hydrogen-bond donors (Lipinski definition) is 1. The maximum absolute atomic E-state index is 4.39. The molecule has 2 heteroatoms. The van der Waals surface area contributed by atoms with Crippen molar-refractivity contribution >= 4 is 5.84 Å². The van der Waals surface area contributed by atoms with Gasteiger partial charge in [-0.2, -0.15) is 0 Å². The Bertz CT molecular complexity index is 399. The van der Waals surface area contributed by atoms with Crippen molar-refractivity contribution in [1.82, 2.24) is 5.32 Å². The van der Waals surface area contributed by atoms with E-state index in [1.54, 1.807) is 6.20 Å². The first-order chi connectivity index (χ1) is 8.27. The first-order valence-corrected chi connectivity index (χ1v) is 6.27. The number of rotatable bonds is 3. The van der Waals surface area contributed by atoms with Gasteiger partial charge in [-0.15, -0.1) is 0 Å².